The molecule has 1 aromatic rings. The lowest BCUT2D eigenvalue weighted by Crippen LogP contribution is -2.44. The third kappa shape index (κ3) is 4.02. The fourth-order valence-electron chi connectivity index (χ4n) is 3.11. The van der Waals surface area contributed by atoms with Gasteiger partial charge in [-0.2, -0.15) is 0 Å². The largest absolute Gasteiger partial charge is 0.392 e. The van der Waals surface area contributed by atoms with Crippen LogP contribution in [-0.2, 0) is 9.47 Å². The van der Waals surface area contributed by atoms with Crippen LogP contribution in [0.5, 0.6) is 0 Å². The van der Waals surface area contributed by atoms with Crippen molar-refractivity contribution in [3.63, 3.8) is 0 Å². The van der Waals surface area contributed by atoms with Crippen molar-refractivity contribution in [2.75, 3.05) is 25.6 Å². The molecule has 1 spiro atoms. The molecule has 2 heterocycles. The summed E-state index contributed by atoms with van der Waals surface area (Å²) < 4.78 is 12.5. The highest BCUT2D eigenvalue weighted by Crippen LogP contribution is 2.38. The van der Waals surface area contributed by atoms with Gasteiger partial charge in [-0.3, -0.25) is 0 Å². The van der Waals surface area contributed by atoms with Gasteiger partial charge in [0, 0.05) is 34.8 Å². The molecule has 3 unspecified atom stereocenters. The van der Waals surface area contributed by atoms with E-state index in [1.807, 2.05) is 12.1 Å². The van der Waals surface area contributed by atoms with Crippen molar-refractivity contribution in [2.45, 2.75) is 35.9 Å². The Kier molecular flexibility index (Phi) is 5.27. The van der Waals surface area contributed by atoms with Crippen molar-refractivity contribution in [1.29, 1.82) is 0 Å². The van der Waals surface area contributed by atoms with E-state index in [4.69, 9.17) is 9.47 Å². The number of benzene rings is 1. The first kappa shape index (κ1) is 15.8. The first-order chi connectivity index (χ1) is 10.2. The van der Waals surface area contributed by atoms with E-state index in [-0.39, 0.29) is 11.7 Å². The van der Waals surface area contributed by atoms with E-state index >= 15 is 0 Å². The number of hydrogen-bond donors (Lipinski definition) is 1. The Bertz CT molecular complexity index is 459. The molecule has 21 heavy (non-hydrogen) atoms. The van der Waals surface area contributed by atoms with Gasteiger partial charge in [-0.1, -0.05) is 15.9 Å². The van der Waals surface area contributed by atoms with Crippen molar-refractivity contribution in [3.8, 4) is 0 Å². The first-order valence-corrected chi connectivity index (χ1v) is 9.23. The molecule has 2 fully saturated rings. The zero-order valence-electron chi connectivity index (χ0n) is 12.0. The summed E-state index contributed by atoms with van der Waals surface area (Å²) in [5, 5.41) is 10.5. The quantitative estimate of drug-likeness (QED) is 0.821. The molecular formula is C16H21BrO3S. The normalized spacial score (nSPS) is 30.7. The maximum absolute atomic E-state index is 10.5. The number of rotatable bonds is 4. The molecule has 0 bridgehead atoms. The van der Waals surface area contributed by atoms with Crippen LogP contribution in [-0.4, -0.2) is 42.4 Å². The molecular weight excluding hydrogens is 352 g/mol. The van der Waals surface area contributed by atoms with Crippen LogP contribution in [0.3, 0.4) is 0 Å². The highest BCUT2D eigenvalue weighted by Gasteiger charge is 2.42. The van der Waals surface area contributed by atoms with Crippen molar-refractivity contribution in [1.82, 2.24) is 0 Å². The van der Waals surface area contributed by atoms with Crippen molar-refractivity contribution >= 4 is 27.7 Å². The van der Waals surface area contributed by atoms with E-state index in [9.17, 15) is 5.11 Å². The fourth-order valence-corrected chi connectivity index (χ4v) is 4.33. The lowest BCUT2D eigenvalue weighted by atomic mass is 9.82. The van der Waals surface area contributed by atoms with Gasteiger partial charge >= 0.3 is 0 Å². The van der Waals surface area contributed by atoms with Crippen LogP contribution in [0, 0.1) is 5.92 Å². The summed E-state index contributed by atoms with van der Waals surface area (Å²) in [6.45, 7) is 2.22. The number of aliphatic hydroxyl groups is 1. The topological polar surface area (TPSA) is 38.7 Å². The smallest absolute Gasteiger partial charge is 0.0940 e. The predicted octanol–water partition coefficient (Wildman–Crippen LogP) is 3.49. The number of hydrogen-bond acceptors (Lipinski definition) is 4. The molecule has 2 aliphatic rings. The van der Waals surface area contributed by atoms with Crippen LogP contribution in [0.2, 0.25) is 0 Å². The van der Waals surface area contributed by atoms with Crippen LogP contribution >= 0.6 is 27.7 Å². The van der Waals surface area contributed by atoms with Gasteiger partial charge in [0.15, 0.2) is 0 Å². The van der Waals surface area contributed by atoms with Crippen LogP contribution in [0.4, 0.5) is 0 Å². The lowest BCUT2D eigenvalue weighted by Gasteiger charge is -2.38. The monoisotopic (exact) mass is 372 g/mol. The van der Waals surface area contributed by atoms with E-state index in [1.54, 1.807) is 11.8 Å². The second-order valence-electron chi connectivity index (χ2n) is 5.92. The summed E-state index contributed by atoms with van der Waals surface area (Å²) >= 11 is 5.16. The molecule has 3 atom stereocenters. The maximum Gasteiger partial charge on any atom is 0.0940 e. The highest BCUT2D eigenvalue weighted by atomic mass is 79.9. The van der Waals surface area contributed by atoms with Crippen molar-refractivity contribution < 1.29 is 14.6 Å². The van der Waals surface area contributed by atoms with Gasteiger partial charge in [-0.25, -0.2) is 0 Å². The molecule has 0 amide bonds. The minimum atomic E-state index is -0.278. The first-order valence-electron chi connectivity index (χ1n) is 7.45. The number of ether oxygens (including phenoxy) is 2. The van der Waals surface area contributed by atoms with Gasteiger partial charge in [-0.05, 0) is 43.0 Å². The average Bonchev–Trinajstić information content (AvgIpc) is 2.94. The molecule has 1 aromatic carbocycles. The fraction of sp³-hybridized carbons (Fsp3) is 0.625. The Balaban J connectivity index is 1.52. The third-order valence-electron chi connectivity index (χ3n) is 4.38. The Morgan fingerprint density at radius 2 is 2.14 bits per heavy atom. The summed E-state index contributed by atoms with van der Waals surface area (Å²) in [5.41, 5.74) is -0.119. The SMILES string of the molecule is OC(CSc1ccc(Br)cc1)C1CCOC2(CCOC2)C1. The lowest BCUT2D eigenvalue weighted by molar-refractivity contribution is -0.113. The molecule has 2 saturated heterocycles. The van der Waals surface area contributed by atoms with Gasteiger partial charge in [0.05, 0.1) is 18.3 Å². The van der Waals surface area contributed by atoms with Gasteiger partial charge in [0.25, 0.3) is 0 Å². The minimum absolute atomic E-state index is 0.119. The molecule has 0 aromatic heterocycles. The van der Waals surface area contributed by atoms with Gasteiger partial charge < -0.3 is 14.6 Å². The summed E-state index contributed by atoms with van der Waals surface area (Å²) in [5.74, 6) is 1.06. The predicted molar refractivity (Wildman–Crippen MR) is 87.7 cm³/mol. The van der Waals surface area contributed by atoms with Crippen LogP contribution < -0.4 is 0 Å². The zero-order valence-corrected chi connectivity index (χ0v) is 14.4. The van der Waals surface area contributed by atoms with Crippen molar-refractivity contribution in [3.05, 3.63) is 28.7 Å². The Morgan fingerprint density at radius 3 is 2.86 bits per heavy atom. The van der Waals surface area contributed by atoms with E-state index in [0.717, 1.165) is 42.7 Å². The molecule has 2 aliphatic heterocycles. The molecule has 0 aliphatic carbocycles. The van der Waals surface area contributed by atoms with Crippen molar-refractivity contribution in [2.24, 2.45) is 5.92 Å². The summed E-state index contributed by atoms with van der Waals surface area (Å²) in [6, 6.07) is 8.23. The van der Waals surface area contributed by atoms with E-state index in [1.165, 1.54) is 4.90 Å². The molecule has 1 N–H and O–H groups in total. The van der Waals surface area contributed by atoms with E-state index in [2.05, 4.69) is 28.1 Å². The molecule has 0 saturated carbocycles. The standard InChI is InChI=1S/C16H21BrO3S/c17-13-1-3-14(4-2-13)21-10-15(18)12-5-7-20-16(9-12)6-8-19-11-16/h1-4,12,15,18H,5-11H2. The van der Waals surface area contributed by atoms with Gasteiger partial charge in [0.1, 0.15) is 0 Å². The Labute approximate surface area is 138 Å². The summed E-state index contributed by atoms with van der Waals surface area (Å²) in [4.78, 5) is 1.20. The summed E-state index contributed by atoms with van der Waals surface area (Å²) in [6.07, 6.45) is 2.56. The van der Waals surface area contributed by atoms with Gasteiger partial charge in [0.2, 0.25) is 0 Å². The third-order valence-corrected chi connectivity index (χ3v) is 6.02. The second kappa shape index (κ2) is 7.01. The number of thioether (sulfide) groups is 1. The maximum atomic E-state index is 10.5. The summed E-state index contributed by atoms with van der Waals surface area (Å²) in [7, 11) is 0. The molecule has 116 valence electrons. The molecule has 3 rings (SSSR count). The Hall–Kier alpha value is -0.0700. The van der Waals surface area contributed by atoms with E-state index in [0.29, 0.717) is 12.5 Å². The minimum Gasteiger partial charge on any atom is -0.392 e. The molecule has 0 radical (unpaired) electrons. The Morgan fingerprint density at radius 1 is 1.33 bits per heavy atom. The van der Waals surface area contributed by atoms with Crippen LogP contribution in [0.25, 0.3) is 0 Å². The highest BCUT2D eigenvalue weighted by molar-refractivity contribution is 9.10. The van der Waals surface area contributed by atoms with E-state index < -0.39 is 0 Å². The average molecular weight is 373 g/mol. The molecule has 5 heteroatoms. The van der Waals surface area contributed by atoms with Gasteiger partial charge in [-0.15, -0.1) is 11.8 Å². The number of halogens is 1. The number of aliphatic hydroxyl groups excluding tert-OH is 1. The van der Waals surface area contributed by atoms with Crippen LogP contribution in [0.1, 0.15) is 19.3 Å². The zero-order chi connectivity index (χ0) is 14.7. The molecule has 3 nitrogen and oxygen atoms in total. The van der Waals surface area contributed by atoms with Crippen LogP contribution in [0.15, 0.2) is 33.6 Å². The second-order valence-corrected chi connectivity index (χ2v) is 7.93.